The molecule has 1 saturated heterocycles. The molecule has 4 heterocycles. The Morgan fingerprint density at radius 1 is 1.18 bits per heavy atom. The zero-order valence-electron chi connectivity index (χ0n) is 22.6. The zero-order chi connectivity index (χ0) is 27.9. The first-order valence-corrected chi connectivity index (χ1v) is 13.3. The minimum Gasteiger partial charge on any atom is -0.445 e. The molecule has 0 bridgehead atoms. The van der Waals surface area contributed by atoms with E-state index >= 15 is 0 Å². The molecule has 0 unspecified atom stereocenters. The molecule has 3 aromatic heterocycles. The fourth-order valence-electron chi connectivity index (χ4n) is 4.62. The fraction of sp³-hybridized carbons (Fsp3) is 0.407. The Hall–Kier alpha value is -4.36. The van der Waals surface area contributed by atoms with Gasteiger partial charge in [-0.2, -0.15) is 10.1 Å². The van der Waals surface area contributed by atoms with Crippen molar-refractivity contribution in [2.45, 2.75) is 39.6 Å². The van der Waals surface area contributed by atoms with Crippen LogP contribution in [0.1, 0.15) is 25.1 Å². The maximum Gasteiger partial charge on any atom is 0.410 e. The Labute approximate surface area is 231 Å². The van der Waals surface area contributed by atoms with Crippen LogP contribution < -0.4 is 10.2 Å². The second kappa shape index (κ2) is 12.7. The minimum absolute atomic E-state index is 0.138. The van der Waals surface area contributed by atoms with Crippen LogP contribution in [0.5, 0.6) is 0 Å². The van der Waals surface area contributed by atoms with Gasteiger partial charge in [0.25, 0.3) is 0 Å². The standard InChI is InChI=1S/C27H33N9O4/c1-3-39-14-13-36-24-23(21(16-37)33-36)31-26(32-25(24)30-22-9-10-28-18-29-22)34-11-12-35(19(2)15-34)27(38)40-17-20-7-5-4-6-8-20/h4-10,18-19,37H,3,11-17H2,1-2H3,(H,28,29,30,31,32)/t19-/m1/s1. The summed E-state index contributed by atoms with van der Waals surface area (Å²) in [6.45, 7) is 6.82. The lowest BCUT2D eigenvalue weighted by Gasteiger charge is -2.39. The molecule has 2 N–H and O–H groups in total. The number of carbonyl (C=O) groups is 1. The minimum atomic E-state index is -0.350. The molecule has 1 amide bonds. The highest BCUT2D eigenvalue weighted by Gasteiger charge is 2.31. The first kappa shape index (κ1) is 27.2. The number of nitrogens with one attached hydrogen (secondary N) is 1. The monoisotopic (exact) mass is 547 g/mol. The lowest BCUT2D eigenvalue weighted by molar-refractivity contribution is 0.0793. The quantitative estimate of drug-likeness (QED) is 0.283. The number of piperazine rings is 1. The highest BCUT2D eigenvalue weighted by Crippen LogP contribution is 2.29. The van der Waals surface area contributed by atoms with Crippen molar-refractivity contribution in [2.75, 3.05) is 43.1 Å². The molecule has 0 saturated carbocycles. The number of rotatable bonds is 10. The molecule has 13 heteroatoms. The Bertz CT molecular complexity index is 1420. The number of aliphatic hydroxyl groups excluding tert-OH is 1. The van der Waals surface area contributed by atoms with Gasteiger partial charge in [-0.3, -0.25) is 4.68 Å². The van der Waals surface area contributed by atoms with E-state index in [1.165, 1.54) is 6.33 Å². The summed E-state index contributed by atoms with van der Waals surface area (Å²) in [6, 6.07) is 11.2. The summed E-state index contributed by atoms with van der Waals surface area (Å²) in [7, 11) is 0. The number of amides is 1. The van der Waals surface area contributed by atoms with Gasteiger partial charge in [-0.15, -0.1) is 0 Å². The average Bonchev–Trinajstić information content (AvgIpc) is 3.35. The van der Waals surface area contributed by atoms with Crippen molar-refractivity contribution >= 4 is 34.7 Å². The maximum atomic E-state index is 12.8. The summed E-state index contributed by atoms with van der Waals surface area (Å²) in [5.41, 5.74) is 2.56. The predicted molar refractivity (Wildman–Crippen MR) is 148 cm³/mol. The van der Waals surface area contributed by atoms with Crippen LogP contribution >= 0.6 is 0 Å². The van der Waals surface area contributed by atoms with E-state index in [2.05, 4.69) is 20.4 Å². The summed E-state index contributed by atoms with van der Waals surface area (Å²) in [5, 5.41) is 17.9. The van der Waals surface area contributed by atoms with Crippen LogP contribution in [0, 0.1) is 0 Å². The molecule has 0 aliphatic carbocycles. The van der Waals surface area contributed by atoms with E-state index in [1.54, 1.807) is 21.8 Å². The molecule has 1 aliphatic rings. The summed E-state index contributed by atoms with van der Waals surface area (Å²) < 4.78 is 12.8. The molecule has 1 atom stereocenters. The molecule has 1 fully saturated rings. The molecule has 0 spiro atoms. The summed E-state index contributed by atoms with van der Waals surface area (Å²) in [6.07, 6.45) is 2.74. The van der Waals surface area contributed by atoms with E-state index < -0.39 is 0 Å². The molecule has 1 aliphatic heterocycles. The van der Waals surface area contributed by atoms with Gasteiger partial charge in [0, 0.05) is 38.5 Å². The zero-order valence-corrected chi connectivity index (χ0v) is 22.6. The van der Waals surface area contributed by atoms with Crippen molar-refractivity contribution in [1.29, 1.82) is 0 Å². The normalized spacial score (nSPS) is 15.4. The van der Waals surface area contributed by atoms with Crippen molar-refractivity contribution in [3.05, 3.63) is 60.2 Å². The van der Waals surface area contributed by atoms with Crippen molar-refractivity contribution in [3.63, 3.8) is 0 Å². The number of carbonyl (C=O) groups excluding carboxylic acids is 1. The Morgan fingerprint density at radius 3 is 2.75 bits per heavy atom. The van der Waals surface area contributed by atoms with Gasteiger partial charge in [0.1, 0.15) is 35.5 Å². The SMILES string of the molecule is CCOCCn1nc(CO)c2nc(N3CCN(C(=O)OCc4ccccc4)[C@H](C)C3)nc(Nc3ccncn3)c21. The molecule has 13 nitrogen and oxygen atoms in total. The van der Waals surface area contributed by atoms with Gasteiger partial charge in [-0.25, -0.2) is 19.7 Å². The number of nitrogens with zero attached hydrogens (tertiary/aromatic N) is 8. The van der Waals surface area contributed by atoms with Crippen LogP contribution in [0.15, 0.2) is 48.9 Å². The van der Waals surface area contributed by atoms with Gasteiger partial charge < -0.3 is 29.7 Å². The smallest absolute Gasteiger partial charge is 0.410 e. The molecule has 4 aromatic rings. The molecule has 1 aromatic carbocycles. The van der Waals surface area contributed by atoms with Crippen LogP contribution in [-0.2, 0) is 29.2 Å². The lowest BCUT2D eigenvalue weighted by atomic mass is 10.2. The molecule has 40 heavy (non-hydrogen) atoms. The summed E-state index contributed by atoms with van der Waals surface area (Å²) in [5.74, 6) is 1.52. The largest absolute Gasteiger partial charge is 0.445 e. The van der Waals surface area contributed by atoms with E-state index in [0.717, 1.165) is 5.56 Å². The predicted octanol–water partition coefficient (Wildman–Crippen LogP) is 2.74. The first-order chi connectivity index (χ1) is 19.6. The number of benzene rings is 1. The third-order valence-corrected chi connectivity index (χ3v) is 6.62. The summed E-state index contributed by atoms with van der Waals surface area (Å²) in [4.78, 5) is 34.5. The van der Waals surface area contributed by atoms with E-state index in [-0.39, 0.29) is 25.3 Å². The number of anilines is 3. The molecular weight excluding hydrogens is 514 g/mol. The van der Waals surface area contributed by atoms with Crippen molar-refractivity contribution < 1.29 is 19.4 Å². The van der Waals surface area contributed by atoms with Crippen LogP contribution in [0.3, 0.4) is 0 Å². The molecule has 210 valence electrons. The second-order valence-electron chi connectivity index (χ2n) is 9.34. The van der Waals surface area contributed by atoms with E-state index in [1.807, 2.05) is 49.1 Å². The average molecular weight is 548 g/mol. The number of aliphatic hydroxyl groups is 1. The van der Waals surface area contributed by atoms with Crippen LogP contribution in [0.2, 0.25) is 0 Å². The number of hydrogen-bond acceptors (Lipinski definition) is 11. The molecular formula is C27H33N9O4. The summed E-state index contributed by atoms with van der Waals surface area (Å²) >= 11 is 0. The fourth-order valence-corrected chi connectivity index (χ4v) is 4.62. The van der Waals surface area contributed by atoms with Crippen LogP contribution in [0.4, 0.5) is 22.4 Å². The van der Waals surface area contributed by atoms with E-state index in [9.17, 15) is 9.90 Å². The molecule has 0 radical (unpaired) electrons. The van der Waals surface area contributed by atoms with E-state index in [0.29, 0.717) is 73.7 Å². The van der Waals surface area contributed by atoms with Gasteiger partial charge in [0.2, 0.25) is 5.95 Å². The topological polar surface area (TPSA) is 144 Å². The van der Waals surface area contributed by atoms with Crippen molar-refractivity contribution in [3.8, 4) is 0 Å². The van der Waals surface area contributed by atoms with Crippen molar-refractivity contribution in [1.82, 2.24) is 34.6 Å². The maximum absolute atomic E-state index is 12.8. The van der Waals surface area contributed by atoms with Gasteiger partial charge >= 0.3 is 6.09 Å². The van der Waals surface area contributed by atoms with Gasteiger partial charge in [0.15, 0.2) is 5.82 Å². The third-order valence-electron chi connectivity index (χ3n) is 6.62. The van der Waals surface area contributed by atoms with Gasteiger partial charge in [-0.1, -0.05) is 30.3 Å². The number of hydrogen-bond donors (Lipinski definition) is 2. The third kappa shape index (κ3) is 6.10. The van der Waals surface area contributed by atoms with E-state index in [4.69, 9.17) is 19.4 Å². The highest BCUT2D eigenvalue weighted by molar-refractivity contribution is 5.90. The van der Waals surface area contributed by atoms with Crippen molar-refractivity contribution in [2.24, 2.45) is 0 Å². The highest BCUT2D eigenvalue weighted by atomic mass is 16.6. The number of aromatic nitrogens is 6. The lowest BCUT2D eigenvalue weighted by Crippen LogP contribution is -2.54. The van der Waals surface area contributed by atoms with Gasteiger partial charge in [0.05, 0.1) is 19.8 Å². The molecule has 5 rings (SSSR count). The second-order valence-corrected chi connectivity index (χ2v) is 9.34. The Balaban J connectivity index is 1.39. The van der Waals surface area contributed by atoms with Crippen LogP contribution in [-0.4, -0.2) is 84.7 Å². The Morgan fingerprint density at radius 2 is 2.02 bits per heavy atom. The Kier molecular flexibility index (Phi) is 8.62. The number of fused-ring (bicyclic) bond motifs is 1. The number of ether oxygens (including phenoxy) is 2. The van der Waals surface area contributed by atoms with Crippen LogP contribution in [0.25, 0.3) is 11.0 Å². The van der Waals surface area contributed by atoms with Gasteiger partial charge in [-0.05, 0) is 25.5 Å². The first-order valence-electron chi connectivity index (χ1n) is 13.3.